The largest absolute Gasteiger partial charge is 0.465 e. The van der Waals surface area contributed by atoms with Gasteiger partial charge in [-0.25, -0.2) is 4.79 Å². The van der Waals surface area contributed by atoms with Crippen LogP contribution in [0.1, 0.15) is 60.2 Å². The number of Topliss-reactive ketones (excluding diaryl/α,β-unsaturated/α-hetero) is 1. The van der Waals surface area contributed by atoms with Gasteiger partial charge in [0.15, 0.2) is 5.78 Å². The topological polar surface area (TPSA) is 43.4 Å². The van der Waals surface area contributed by atoms with E-state index in [1.807, 2.05) is 0 Å². The molecule has 19 heavy (non-hydrogen) atoms. The van der Waals surface area contributed by atoms with Crippen LogP contribution < -0.4 is 0 Å². The quantitative estimate of drug-likeness (QED) is 0.553. The number of carbonyl (C=O) groups is 2. The molecule has 104 valence electrons. The van der Waals surface area contributed by atoms with Gasteiger partial charge in [-0.3, -0.25) is 4.79 Å². The van der Waals surface area contributed by atoms with E-state index in [4.69, 9.17) is 0 Å². The van der Waals surface area contributed by atoms with Crippen LogP contribution in [0.2, 0.25) is 0 Å². The van der Waals surface area contributed by atoms with Gasteiger partial charge in [0.25, 0.3) is 0 Å². The summed E-state index contributed by atoms with van der Waals surface area (Å²) in [5.74, 6) is -0.213. The number of ether oxygens (including phenoxy) is 1. The van der Waals surface area contributed by atoms with E-state index in [0.29, 0.717) is 11.1 Å². The summed E-state index contributed by atoms with van der Waals surface area (Å²) in [6, 6.07) is 6.80. The van der Waals surface area contributed by atoms with Crippen molar-refractivity contribution >= 4 is 11.8 Å². The molecular formula is C16H22O3. The molecule has 0 heterocycles. The lowest BCUT2D eigenvalue weighted by Crippen LogP contribution is -2.15. The highest BCUT2D eigenvalue weighted by molar-refractivity contribution is 6.00. The first-order valence-electron chi connectivity index (χ1n) is 6.86. The zero-order chi connectivity index (χ0) is 14.3. The van der Waals surface area contributed by atoms with Crippen LogP contribution in [0.3, 0.4) is 0 Å². The third kappa shape index (κ3) is 4.19. The van der Waals surface area contributed by atoms with Gasteiger partial charge in [-0.05, 0) is 25.0 Å². The SMILES string of the molecule is CCCC(CCC)C(=O)c1cccc(C(=O)OC)c1. The van der Waals surface area contributed by atoms with Crippen LogP contribution in [-0.2, 0) is 4.74 Å². The molecule has 0 aliphatic carbocycles. The minimum Gasteiger partial charge on any atom is -0.465 e. The normalized spacial score (nSPS) is 10.5. The Labute approximate surface area is 115 Å². The first kappa shape index (κ1) is 15.4. The Kier molecular flexibility index (Phi) is 6.26. The number of hydrogen-bond acceptors (Lipinski definition) is 3. The fourth-order valence-electron chi connectivity index (χ4n) is 2.26. The Morgan fingerprint density at radius 3 is 2.21 bits per heavy atom. The van der Waals surface area contributed by atoms with Crippen LogP contribution in [0.4, 0.5) is 0 Å². The lowest BCUT2D eigenvalue weighted by molar-refractivity contribution is 0.0600. The van der Waals surface area contributed by atoms with E-state index in [2.05, 4.69) is 18.6 Å². The maximum atomic E-state index is 12.4. The second kappa shape index (κ2) is 7.72. The number of hydrogen-bond donors (Lipinski definition) is 0. The summed E-state index contributed by atoms with van der Waals surface area (Å²) in [5.41, 5.74) is 1.04. The molecule has 0 atom stereocenters. The highest BCUT2D eigenvalue weighted by Gasteiger charge is 2.19. The third-order valence-electron chi connectivity index (χ3n) is 3.21. The van der Waals surface area contributed by atoms with Gasteiger partial charge < -0.3 is 4.74 Å². The van der Waals surface area contributed by atoms with Crippen LogP contribution >= 0.6 is 0 Å². The molecule has 1 aromatic carbocycles. The second-order valence-corrected chi connectivity index (χ2v) is 4.71. The van der Waals surface area contributed by atoms with E-state index in [0.717, 1.165) is 25.7 Å². The van der Waals surface area contributed by atoms with Crippen LogP contribution in [-0.4, -0.2) is 18.9 Å². The van der Waals surface area contributed by atoms with Crippen molar-refractivity contribution in [2.24, 2.45) is 5.92 Å². The van der Waals surface area contributed by atoms with Crippen LogP contribution in [0.15, 0.2) is 24.3 Å². The summed E-state index contributed by atoms with van der Waals surface area (Å²) in [6.45, 7) is 4.17. The fourth-order valence-corrected chi connectivity index (χ4v) is 2.26. The summed E-state index contributed by atoms with van der Waals surface area (Å²) in [6.07, 6.45) is 3.78. The Balaban J connectivity index is 2.94. The van der Waals surface area contributed by atoms with E-state index in [-0.39, 0.29) is 11.7 Å². The van der Waals surface area contributed by atoms with Crippen LogP contribution in [0.25, 0.3) is 0 Å². The van der Waals surface area contributed by atoms with Crippen molar-refractivity contribution in [1.29, 1.82) is 0 Å². The maximum Gasteiger partial charge on any atom is 0.337 e. The predicted octanol–water partition coefficient (Wildman–Crippen LogP) is 3.87. The van der Waals surface area contributed by atoms with Crippen LogP contribution in [0.5, 0.6) is 0 Å². The van der Waals surface area contributed by atoms with Crippen molar-refractivity contribution in [3.8, 4) is 0 Å². The third-order valence-corrected chi connectivity index (χ3v) is 3.21. The van der Waals surface area contributed by atoms with Gasteiger partial charge in [-0.2, -0.15) is 0 Å². The molecule has 3 heteroatoms. The van der Waals surface area contributed by atoms with E-state index in [9.17, 15) is 9.59 Å². The zero-order valence-electron chi connectivity index (χ0n) is 11.9. The molecule has 0 N–H and O–H groups in total. The summed E-state index contributed by atoms with van der Waals surface area (Å²) in [7, 11) is 1.34. The van der Waals surface area contributed by atoms with Gasteiger partial charge in [0.2, 0.25) is 0 Å². The molecule has 1 aromatic rings. The number of carbonyl (C=O) groups excluding carboxylic acids is 2. The highest BCUT2D eigenvalue weighted by atomic mass is 16.5. The summed E-state index contributed by atoms with van der Waals surface area (Å²) in [5, 5.41) is 0. The summed E-state index contributed by atoms with van der Waals surface area (Å²) in [4.78, 5) is 23.9. The molecule has 0 aliphatic rings. The molecule has 0 amide bonds. The number of esters is 1. The highest BCUT2D eigenvalue weighted by Crippen LogP contribution is 2.20. The standard InChI is InChI=1S/C16H22O3/c1-4-7-12(8-5-2)15(17)13-9-6-10-14(11-13)16(18)19-3/h6,9-12H,4-5,7-8H2,1-3H3. The van der Waals surface area contributed by atoms with E-state index in [1.165, 1.54) is 7.11 Å². The van der Waals surface area contributed by atoms with E-state index >= 15 is 0 Å². The smallest absolute Gasteiger partial charge is 0.337 e. The van der Waals surface area contributed by atoms with Crippen molar-refractivity contribution in [1.82, 2.24) is 0 Å². The van der Waals surface area contributed by atoms with Gasteiger partial charge in [0.1, 0.15) is 0 Å². The van der Waals surface area contributed by atoms with Gasteiger partial charge in [0, 0.05) is 11.5 Å². The molecule has 0 spiro atoms. The van der Waals surface area contributed by atoms with Crippen LogP contribution in [0, 0.1) is 5.92 Å². The van der Waals surface area contributed by atoms with Gasteiger partial charge in [0.05, 0.1) is 12.7 Å². The van der Waals surface area contributed by atoms with E-state index < -0.39 is 5.97 Å². The molecule has 0 bridgehead atoms. The van der Waals surface area contributed by atoms with Crippen molar-refractivity contribution < 1.29 is 14.3 Å². The number of ketones is 1. The first-order valence-corrected chi connectivity index (χ1v) is 6.86. The Bertz CT molecular complexity index is 431. The molecule has 0 aromatic heterocycles. The molecule has 0 saturated carbocycles. The number of rotatable bonds is 7. The van der Waals surface area contributed by atoms with Gasteiger partial charge in [-0.15, -0.1) is 0 Å². The van der Waals surface area contributed by atoms with Crippen molar-refractivity contribution in [2.75, 3.05) is 7.11 Å². The first-order chi connectivity index (χ1) is 9.13. The lowest BCUT2D eigenvalue weighted by Gasteiger charge is -2.14. The Morgan fingerprint density at radius 2 is 1.68 bits per heavy atom. The minimum absolute atomic E-state index is 0.0582. The van der Waals surface area contributed by atoms with E-state index in [1.54, 1.807) is 24.3 Å². The minimum atomic E-state index is -0.405. The average molecular weight is 262 g/mol. The molecule has 0 radical (unpaired) electrons. The molecule has 0 unspecified atom stereocenters. The fraction of sp³-hybridized carbons (Fsp3) is 0.500. The molecule has 0 aliphatic heterocycles. The van der Waals surface area contributed by atoms with Crippen molar-refractivity contribution in [2.45, 2.75) is 39.5 Å². The van der Waals surface area contributed by atoms with Gasteiger partial charge in [-0.1, -0.05) is 38.8 Å². The second-order valence-electron chi connectivity index (χ2n) is 4.71. The maximum absolute atomic E-state index is 12.4. The molecular weight excluding hydrogens is 240 g/mol. The molecule has 3 nitrogen and oxygen atoms in total. The zero-order valence-corrected chi connectivity index (χ0v) is 11.9. The van der Waals surface area contributed by atoms with Crippen molar-refractivity contribution in [3.05, 3.63) is 35.4 Å². The predicted molar refractivity (Wildman–Crippen MR) is 75.4 cm³/mol. The number of benzene rings is 1. The lowest BCUT2D eigenvalue weighted by atomic mass is 9.89. The number of methoxy groups -OCH3 is 1. The monoisotopic (exact) mass is 262 g/mol. The molecule has 0 fully saturated rings. The Hall–Kier alpha value is -1.64. The molecule has 1 rings (SSSR count). The molecule has 0 saturated heterocycles. The average Bonchev–Trinajstić information content (AvgIpc) is 2.45. The van der Waals surface area contributed by atoms with Gasteiger partial charge >= 0.3 is 5.97 Å². The summed E-state index contributed by atoms with van der Waals surface area (Å²) >= 11 is 0. The van der Waals surface area contributed by atoms with Crippen molar-refractivity contribution in [3.63, 3.8) is 0 Å². The Morgan fingerprint density at radius 1 is 1.11 bits per heavy atom. The summed E-state index contributed by atoms with van der Waals surface area (Å²) < 4.78 is 4.68.